The van der Waals surface area contributed by atoms with Crippen molar-refractivity contribution in [3.63, 3.8) is 0 Å². The third-order valence-corrected chi connectivity index (χ3v) is 3.75. The van der Waals surface area contributed by atoms with Crippen molar-refractivity contribution >= 4 is 9.84 Å². The van der Waals surface area contributed by atoms with Gasteiger partial charge in [-0.05, 0) is 5.92 Å². The Kier molecular flexibility index (Phi) is 2.54. The first-order chi connectivity index (χ1) is 5.01. The summed E-state index contributed by atoms with van der Waals surface area (Å²) in [6, 6.07) is 0.161. The first-order valence-electron chi connectivity index (χ1n) is 3.95. The van der Waals surface area contributed by atoms with Crippen molar-refractivity contribution in [2.45, 2.75) is 19.9 Å². The zero-order valence-corrected chi connectivity index (χ0v) is 7.82. The van der Waals surface area contributed by atoms with Gasteiger partial charge in [-0.3, -0.25) is 0 Å². The Morgan fingerprint density at radius 3 is 2.45 bits per heavy atom. The molecule has 0 aromatic carbocycles. The van der Waals surface area contributed by atoms with Crippen molar-refractivity contribution < 1.29 is 8.42 Å². The molecule has 0 spiro atoms. The van der Waals surface area contributed by atoms with Crippen LogP contribution in [0.3, 0.4) is 0 Å². The summed E-state index contributed by atoms with van der Waals surface area (Å²) in [6.07, 6.45) is 0. The predicted molar refractivity (Wildman–Crippen MR) is 45.3 cm³/mol. The Labute approximate surface area is 68.1 Å². The second-order valence-corrected chi connectivity index (χ2v) is 5.65. The van der Waals surface area contributed by atoms with Crippen molar-refractivity contribution in [3.8, 4) is 0 Å². The molecule has 1 heterocycles. The van der Waals surface area contributed by atoms with E-state index in [2.05, 4.69) is 5.32 Å². The molecule has 66 valence electrons. The van der Waals surface area contributed by atoms with E-state index in [-0.39, 0.29) is 6.04 Å². The van der Waals surface area contributed by atoms with Gasteiger partial charge in [0.1, 0.15) is 0 Å². The molecule has 11 heavy (non-hydrogen) atoms. The minimum absolute atomic E-state index is 0.161. The Balaban J connectivity index is 2.61. The highest BCUT2D eigenvalue weighted by Gasteiger charge is 2.25. The minimum atomic E-state index is -2.74. The maximum Gasteiger partial charge on any atom is 0.153 e. The molecular formula is C7H15NO2S. The van der Waals surface area contributed by atoms with Crippen LogP contribution in [0.4, 0.5) is 0 Å². The summed E-state index contributed by atoms with van der Waals surface area (Å²) in [6.45, 7) is 4.70. The molecule has 4 heteroatoms. The van der Waals surface area contributed by atoms with Gasteiger partial charge in [0.2, 0.25) is 0 Å². The third kappa shape index (κ3) is 2.45. The van der Waals surface area contributed by atoms with Gasteiger partial charge in [-0.2, -0.15) is 0 Å². The van der Waals surface area contributed by atoms with Gasteiger partial charge < -0.3 is 5.32 Å². The molecular weight excluding hydrogens is 162 g/mol. The van der Waals surface area contributed by atoms with Gasteiger partial charge in [-0.1, -0.05) is 13.8 Å². The van der Waals surface area contributed by atoms with E-state index in [4.69, 9.17) is 0 Å². The first-order valence-corrected chi connectivity index (χ1v) is 5.77. The van der Waals surface area contributed by atoms with E-state index in [9.17, 15) is 8.42 Å². The lowest BCUT2D eigenvalue weighted by Gasteiger charge is -2.26. The highest BCUT2D eigenvalue weighted by molar-refractivity contribution is 7.91. The second-order valence-electron chi connectivity index (χ2n) is 3.42. The minimum Gasteiger partial charge on any atom is -0.312 e. The first kappa shape index (κ1) is 9.00. The van der Waals surface area contributed by atoms with E-state index in [1.807, 2.05) is 13.8 Å². The molecule has 1 N–H and O–H groups in total. The van der Waals surface area contributed by atoms with E-state index >= 15 is 0 Å². The molecule has 1 atom stereocenters. The normalized spacial score (nSPS) is 30.6. The number of sulfone groups is 1. The molecule has 0 amide bonds. The van der Waals surface area contributed by atoms with Crippen molar-refractivity contribution in [1.82, 2.24) is 5.32 Å². The quantitative estimate of drug-likeness (QED) is 0.614. The van der Waals surface area contributed by atoms with Gasteiger partial charge in [0.25, 0.3) is 0 Å². The van der Waals surface area contributed by atoms with Crippen molar-refractivity contribution in [2.75, 3.05) is 18.1 Å². The molecule has 1 aliphatic heterocycles. The number of hydrogen-bond acceptors (Lipinski definition) is 3. The predicted octanol–water partition coefficient (Wildman–Crippen LogP) is 0.0290. The van der Waals surface area contributed by atoms with E-state index in [1.54, 1.807) is 0 Å². The molecule has 0 radical (unpaired) electrons. The summed E-state index contributed by atoms with van der Waals surface area (Å²) in [7, 11) is -2.74. The van der Waals surface area contributed by atoms with Crippen LogP contribution in [0, 0.1) is 5.92 Å². The van der Waals surface area contributed by atoms with Crippen LogP contribution in [0.1, 0.15) is 13.8 Å². The Hall–Kier alpha value is -0.0900. The SMILES string of the molecule is CC(C)[C@H]1CS(=O)(=O)CCN1. The largest absolute Gasteiger partial charge is 0.312 e. The number of rotatable bonds is 1. The van der Waals surface area contributed by atoms with Crippen molar-refractivity contribution in [3.05, 3.63) is 0 Å². The average Bonchev–Trinajstić information content (AvgIpc) is 1.85. The fourth-order valence-corrected chi connectivity index (χ4v) is 2.89. The molecule has 0 unspecified atom stereocenters. The number of nitrogens with one attached hydrogen (secondary N) is 1. The molecule has 3 nitrogen and oxygen atoms in total. The lowest BCUT2D eigenvalue weighted by molar-refractivity contribution is 0.421. The monoisotopic (exact) mass is 177 g/mol. The van der Waals surface area contributed by atoms with Gasteiger partial charge in [0, 0.05) is 12.6 Å². The molecule has 0 aromatic heterocycles. The molecule has 0 aromatic rings. The van der Waals surface area contributed by atoms with Gasteiger partial charge in [0.15, 0.2) is 9.84 Å². The topological polar surface area (TPSA) is 46.2 Å². The molecule has 0 bridgehead atoms. The fourth-order valence-electron chi connectivity index (χ4n) is 1.24. The van der Waals surface area contributed by atoms with E-state index in [0.29, 0.717) is 24.0 Å². The van der Waals surface area contributed by atoms with Gasteiger partial charge >= 0.3 is 0 Å². The Bertz CT molecular complexity index is 221. The molecule has 1 saturated heterocycles. The van der Waals surface area contributed by atoms with E-state index < -0.39 is 9.84 Å². The summed E-state index contributed by atoms with van der Waals surface area (Å²) in [5.41, 5.74) is 0. The Morgan fingerprint density at radius 2 is 2.09 bits per heavy atom. The zero-order chi connectivity index (χ0) is 8.48. The van der Waals surface area contributed by atoms with Crippen LogP contribution in [0.5, 0.6) is 0 Å². The summed E-state index contributed by atoms with van der Waals surface area (Å²) in [5, 5.41) is 3.19. The highest BCUT2D eigenvalue weighted by Crippen LogP contribution is 2.09. The standard InChI is InChI=1S/C7H15NO2S/c1-6(2)7-5-11(9,10)4-3-8-7/h6-8H,3-5H2,1-2H3/t7-/m1/s1. The van der Waals surface area contributed by atoms with E-state index in [0.717, 1.165) is 0 Å². The lowest BCUT2D eigenvalue weighted by atomic mass is 10.1. The van der Waals surface area contributed by atoms with E-state index in [1.165, 1.54) is 0 Å². The van der Waals surface area contributed by atoms with Gasteiger partial charge in [-0.15, -0.1) is 0 Å². The van der Waals surface area contributed by atoms with Crippen LogP contribution in [0.15, 0.2) is 0 Å². The molecule has 0 saturated carbocycles. The fraction of sp³-hybridized carbons (Fsp3) is 1.00. The highest BCUT2D eigenvalue weighted by atomic mass is 32.2. The van der Waals surface area contributed by atoms with Crippen molar-refractivity contribution in [2.24, 2.45) is 5.92 Å². The molecule has 0 aliphatic carbocycles. The number of hydrogen-bond donors (Lipinski definition) is 1. The molecule has 1 rings (SSSR count). The summed E-state index contributed by atoms with van der Waals surface area (Å²) < 4.78 is 22.3. The summed E-state index contributed by atoms with van der Waals surface area (Å²) in [4.78, 5) is 0. The maximum atomic E-state index is 11.1. The Morgan fingerprint density at radius 1 is 1.45 bits per heavy atom. The summed E-state index contributed by atoms with van der Waals surface area (Å²) >= 11 is 0. The van der Waals surface area contributed by atoms with Crippen LogP contribution in [-0.2, 0) is 9.84 Å². The van der Waals surface area contributed by atoms with Crippen LogP contribution < -0.4 is 5.32 Å². The van der Waals surface area contributed by atoms with Crippen LogP contribution in [0.25, 0.3) is 0 Å². The average molecular weight is 177 g/mol. The van der Waals surface area contributed by atoms with Crippen LogP contribution in [-0.4, -0.2) is 32.5 Å². The maximum absolute atomic E-state index is 11.1. The zero-order valence-electron chi connectivity index (χ0n) is 7.00. The van der Waals surface area contributed by atoms with Crippen LogP contribution in [0.2, 0.25) is 0 Å². The summed E-state index contributed by atoms with van der Waals surface area (Å²) in [5.74, 6) is 1.02. The smallest absolute Gasteiger partial charge is 0.153 e. The lowest BCUT2D eigenvalue weighted by Crippen LogP contribution is -2.47. The van der Waals surface area contributed by atoms with Gasteiger partial charge in [0.05, 0.1) is 11.5 Å². The van der Waals surface area contributed by atoms with Crippen molar-refractivity contribution in [1.29, 1.82) is 0 Å². The third-order valence-electron chi connectivity index (χ3n) is 2.06. The van der Waals surface area contributed by atoms with Gasteiger partial charge in [-0.25, -0.2) is 8.42 Å². The molecule has 1 fully saturated rings. The second kappa shape index (κ2) is 3.11. The molecule has 1 aliphatic rings. The van der Waals surface area contributed by atoms with Crippen LogP contribution >= 0.6 is 0 Å².